The maximum Gasteiger partial charge on any atom is 0.284 e. The lowest BCUT2D eigenvalue weighted by atomic mass is 9.90. The minimum atomic E-state index is -3.07. The summed E-state index contributed by atoms with van der Waals surface area (Å²) in [6.45, 7) is 2.09. The van der Waals surface area contributed by atoms with Crippen molar-refractivity contribution in [2.45, 2.75) is 38.5 Å². The molecule has 0 radical (unpaired) electrons. The summed E-state index contributed by atoms with van der Waals surface area (Å²) in [6, 6.07) is 5.53. The molecule has 0 unspecified atom stereocenters. The van der Waals surface area contributed by atoms with Gasteiger partial charge >= 0.3 is 0 Å². The number of halogens is 3. The maximum atomic E-state index is 14.4. The highest BCUT2D eigenvalue weighted by atomic mass is 32.1. The van der Waals surface area contributed by atoms with E-state index in [0.717, 1.165) is 24.3 Å². The van der Waals surface area contributed by atoms with Crippen molar-refractivity contribution in [1.82, 2.24) is 10.2 Å². The molecule has 0 spiro atoms. The zero-order valence-electron chi connectivity index (χ0n) is 14.2. The van der Waals surface area contributed by atoms with Crippen LogP contribution in [-0.2, 0) is 6.42 Å². The van der Waals surface area contributed by atoms with Crippen molar-refractivity contribution in [2.24, 2.45) is 0 Å². The van der Waals surface area contributed by atoms with Crippen molar-refractivity contribution in [1.29, 1.82) is 0 Å². The molecule has 2 nitrogen and oxygen atoms in total. The van der Waals surface area contributed by atoms with Crippen molar-refractivity contribution < 1.29 is 13.2 Å². The van der Waals surface area contributed by atoms with Crippen molar-refractivity contribution in [3.8, 4) is 11.8 Å². The summed E-state index contributed by atoms with van der Waals surface area (Å²) >= 11 is 1.34. The molecule has 0 fully saturated rings. The number of rotatable bonds is 4. The maximum absolute atomic E-state index is 14.4. The van der Waals surface area contributed by atoms with Crippen LogP contribution >= 0.6 is 11.3 Å². The molecule has 26 heavy (non-hydrogen) atoms. The predicted octanol–water partition coefficient (Wildman–Crippen LogP) is 5.42. The van der Waals surface area contributed by atoms with Crippen molar-refractivity contribution in [3.05, 3.63) is 63.4 Å². The van der Waals surface area contributed by atoms with Crippen LogP contribution < -0.4 is 0 Å². The third kappa shape index (κ3) is 4.41. The number of hydrogen-bond donors (Lipinski definition) is 0. The number of benzene rings is 1. The van der Waals surface area contributed by atoms with E-state index < -0.39 is 18.2 Å². The lowest BCUT2D eigenvalue weighted by Crippen LogP contribution is -2.21. The first-order valence-electron chi connectivity index (χ1n) is 8.37. The number of nitrogens with zero attached hydrogens (tertiary/aromatic N) is 2. The van der Waals surface area contributed by atoms with Gasteiger partial charge in [-0.25, -0.2) is 13.2 Å². The van der Waals surface area contributed by atoms with Gasteiger partial charge in [0.05, 0.1) is 5.57 Å². The summed E-state index contributed by atoms with van der Waals surface area (Å²) in [5, 5.41) is 9.29. The molecule has 1 aliphatic rings. The van der Waals surface area contributed by atoms with Gasteiger partial charge in [-0.05, 0) is 41.7 Å². The van der Waals surface area contributed by atoms with E-state index in [1.54, 1.807) is 6.08 Å². The number of aryl methyl sites for hydroxylation is 1. The molecule has 0 saturated carbocycles. The third-order valence-corrected chi connectivity index (χ3v) is 4.89. The summed E-state index contributed by atoms with van der Waals surface area (Å²) in [4.78, 5) is 0. The molecule has 0 aliphatic heterocycles. The highest BCUT2D eigenvalue weighted by Gasteiger charge is 2.36. The summed E-state index contributed by atoms with van der Waals surface area (Å²) in [5.74, 6) is 1.78. The van der Waals surface area contributed by atoms with Gasteiger partial charge < -0.3 is 0 Å². The molecule has 2 aromatic rings. The summed E-state index contributed by atoms with van der Waals surface area (Å²) in [5.41, 5.74) is 0.797. The molecule has 3 rings (SSSR count). The Hall–Kier alpha value is -2.39. The minimum Gasteiger partial charge on any atom is -0.207 e. The first kappa shape index (κ1) is 18.4. The van der Waals surface area contributed by atoms with Crippen LogP contribution in [0.2, 0.25) is 0 Å². The third-order valence-electron chi connectivity index (χ3n) is 3.99. The number of aromatic nitrogens is 2. The molecular formula is C20H17F3N2S. The van der Waals surface area contributed by atoms with Crippen molar-refractivity contribution >= 4 is 16.9 Å². The van der Waals surface area contributed by atoms with E-state index in [-0.39, 0.29) is 5.57 Å². The Morgan fingerprint density at radius 2 is 1.88 bits per heavy atom. The molecule has 0 atom stereocenters. The fourth-order valence-corrected chi connectivity index (χ4v) is 3.28. The minimum absolute atomic E-state index is 0.242. The lowest BCUT2D eigenvalue weighted by Gasteiger charge is -2.22. The Balaban J connectivity index is 1.79. The molecule has 1 aromatic heterocycles. The van der Waals surface area contributed by atoms with Crippen LogP contribution in [0.25, 0.3) is 5.57 Å². The zero-order valence-corrected chi connectivity index (χ0v) is 15.0. The average Bonchev–Trinajstić information content (AvgIpc) is 3.06. The van der Waals surface area contributed by atoms with Gasteiger partial charge in [0.2, 0.25) is 0 Å². The van der Waals surface area contributed by atoms with Crippen LogP contribution in [0.3, 0.4) is 0 Å². The van der Waals surface area contributed by atoms with E-state index >= 15 is 0 Å². The number of alkyl halides is 2. The Kier molecular flexibility index (Phi) is 5.58. The molecule has 134 valence electrons. The zero-order chi connectivity index (χ0) is 18.6. The van der Waals surface area contributed by atoms with Crippen molar-refractivity contribution in [2.75, 3.05) is 0 Å². The first-order chi connectivity index (χ1) is 12.5. The second-order valence-corrected chi connectivity index (χ2v) is 7.08. The fraction of sp³-hybridized carbons (Fsp3) is 0.300. The summed E-state index contributed by atoms with van der Waals surface area (Å²) in [6.07, 6.45) is 5.38. The van der Waals surface area contributed by atoms with E-state index in [9.17, 15) is 13.2 Å². The predicted molar refractivity (Wildman–Crippen MR) is 97.4 cm³/mol. The largest absolute Gasteiger partial charge is 0.284 e. The SMILES string of the molecule is CCCCc1nnc(C#CC2=CC=C(c3ccc(F)cc3)CC2(F)F)s1. The van der Waals surface area contributed by atoms with Gasteiger partial charge in [0, 0.05) is 12.8 Å². The standard InChI is InChI=1S/C20H17F3N2S/c1-2-3-4-18-24-25-19(26-18)12-9-16-8-5-15(13-20(16,22)23)14-6-10-17(21)11-7-14/h5-8,10-11H,2-4,13H2,1H3. The molecule has 0 bridgehead atoms. The number of unbranched alkanes of at least 4 members (excludes halogenated alkanes) is 1. The van der Waals surface area contributed by atoms with E-state index in [1.165, 1.54) is 41.7 Å². The van der Waals surface area contributed by atoms with E-state index in [0.29, 0.717) is 16.1 Å². The van der Waals surface area contributed by atoms with E-state index in [4.69, 9.17) is 0 Å². The van der Waals surface area contributed by atoms with Gasteiger partial charge in [-0.15, -0.1) is 10.2 Å². The Morgan fingerprint density at radius 3 is 2.58 bits per heavy atom. The summed E-state index contributed by atoms with van der Waals surface area (Å²) in [7, 11) is 0. The van der Waals surface area contributed by atoms with Gasteiger partial charge in [-0.2, -0.15) is 0 Å². The van der Waals surface area contributed by atoms with Gasteiger partial charge in [0.1, 0.15) is 10.8 Å². The fourth-order valence-electron chi connectivity index (χ4n) is 2.55. The molecule has 6 heteroatoms. The Morgan fingerprint density at radius 1 is 1.12 bits per heavy atom. The van der Waals surface area contributed by atoms with Gasteiger partial charge in [0.15, 0.2) is 5.01 Å². The first-order valence-corrected chi connectivity index (χ1v) is 9.19. The normalized spacial score (nSPS) is 15.7. The van der Waals surface area contributed by atoms with E-state index in [2.05, 4.69) is 29.0 Å². The number of hydrogen-bond acceptors (Lipinski definition) is 3. The Labute approximate surface area is 154 Å². The quantitative estimate of drug-likeness (QED) is 0.668. The molecule has 0 saturated heterocycles. The van der Waals surface area contributed by atoms with Crippen LogP contribution in [0, 0.1) is 17.7 Å². The smallest absolute Gasteiger partial charge is 0.207 e. The summed E-state index contributed by atoms with van der Waals surface area (Å²) < 4.78 is 41.9. The van der Waals surface area contributed by atoms with Crippen molar-refractivity contribution in [3.63, 3.8) is 0 Å². The van der Waals surface area contributed by atoms with Crippen LogP contribution in [0.5, 0.6) is 0 Å². The molecule has 1 aliphatic carbocycles. The monoisotopic (exact) mass is 374 g/mol. The molecule has 0 amide bonds. The van der Waals surface area contributed by atoms with Gasteiger partial charge in [-0.1, -0.05) is 48.8 Å². The van der Waals surface area contributed by atoms with E-state index in [1.807, 2.05) is 0 Å². The second kappa shape index (κ2) is 7.88. The topological polar surface area (TPSA) is 25.8 Å². The number of allylic oxidation sites excluding steroid dienone is 4. The average molecular weight is 374 g/mol. The highest BCUT2D eigenvalue weighted by Crippen LogP contribution is 2.38. The molecule has 1 aromatic carbocycles. The Bertz CT molecular complexity index is 899. The van der Waals surface area contributed by atoms with Crippen LogP contribution in [0.4, 0.5) is 13.2 Å². The van der Waals surface area contributed by atoms with Crippen LogP contribution in [-0.4, -0.2) is 16.1 Å². The second-order valence-electron chi connectivity index (χ2n) is 6.01. The molecule has 0 N–H and O–H groups in total. The van der Waals surface area contributed by atoms with Crippen LogP contribution in [0.15, 0.2) is 42.0 Å². The lowest BCUT2D eigenvalue weighted by molar-refractivity contribution is 0.0517. The van der Waals surface area contributed by atoms with Gasteiger partial charge in [0.25, 0.3) is 5.92 Å². The molecule has 1 heterocycles. The molecular weight excluding hydrogens is 357 g/mol. The van der Waals surface area contributed by atoms with Gasteiger partial charge in [-0.3, -0.25) is 0 Å². The highest BCUT2D eigenvalue weighted by molar-refractivity contribution is 7.11. The van der Waals surface area contributed by atoms with Crippen LogP contribution in [0.1, 0.15) is 41.8 Å².